The molecule has 0 atom stereocenters. The summed E-state index contributed by atoms with van der Waals surface area (Å²) in [6, 6.07) is 8.22. The van der Waals surface area contributed by atoms with Gasteiger partial charge in [-0.15, -0.1) is 0 Å². The summed E-state index contributed by atoms with van der Waals surface area (Å²) in [6.45, 7) is 0. The van der Waals surface area contributed by atoms with Gasteiger partial charge in [0, 0.05) is 29.1 Å². The van der Waals surface area contributed by atoms with Gasteiger partial charge in [-0.25, -0.2) is 8.78 Å². The minimum Gasteiger partial charge on any atom is -0.455 e. The quantitative estimate of drug-likeness (QED) is 0.692. The Kier molecular flexibility index (Phi) is 4.19. The lowest BCUT2D eigenvalue weighted by Crippen LogP contribution is -1.92. The molecule has 0 aromatic heterocycles. The second-order valence-corrected chi connectivity index (χ2v) is 4.54. The summed E-state index contributed by atoms with van der Waals surface area (Å²) in [4.78, 5) is 0. The van der Waals surface area contributed by atoms with Gasteiger partial charge in [-0.05, 0) is 6.07 Å². The molecule has 0 saturated carbocycles. The summed E-state index contributed by atoms with van der Waals surface area (Å²) in [5.74, 6) is -0.932. The van der Waals surface area contributed by atoms with Crippen LogP contribution < -0.4 is 4.74 Å². The van der Waals surface area contributed by atoms with E-state index in [1.165, 1.54) is 0 Å². The Labute approximate surface area is 116 Å². The summed E-state index contributed by atoms with van der Waals surface area (Å²) in [7, 11) is 0. The van der Waals surface area contributed by atoms with Crippen molar-refractivity contribution in [3.8, 4) is 11.5 Å². The Balaban J connectivity index is 2.39. The van der Waals surface area contributed by atoms with E-state index < -0.39 is 11.6 Å². The molecule has 1 nitrogen and oxygen atoms in total. The number of para-hydroxylation sites is 1. The molecular formula is C13H8BrClF2O. The van der Waals surface area contributed by atoms with E-state index in [0.717, 1.165) is 23.8 Å². The molecule has 0 spiro atoms. The molecule has 5 heteroatoms. The van der Waals surface area contributed by atoms with Crippen molar-refractivity contribution in [3.63, 3.8) is 0 Å². The van der Waals surface area contributed by atoms with Crippen LogP contribution in [0.1, 0.15) is 5.56 Å². The Bertz CT molecular complexity index is 555. The van der Waals surface area contributed by atoms with Crippen molar-refractivity contribution in [2.24, 2.45) is 0 Å². The number of ether oxygens (including phenoxy) is 1. The number of hydrogen-bond donors (Lipinski definition) is 0. The normalized spacial score (nSPS) is 10.4. The van der Waals surface area contributed by atoms with Gasteiger partial charge in [-0.2, -0.15) is 0 Å². The van der Waals surface area contributed by atoms with Gasteiger partial charge in [0.25, 0.3) is 0 Å². The first kappa shape index (κ1) is 13.3. The molecule has 0 aliphatic carbocycles. The molecule has 18 heavy (non-hydrogen) atoms. The highest BCUT2D eigenvalue weighted by atomic mass is 79.9. The number of hydrogen-bond acceptors (Lipinski definition) is 1. The van der Waals surface area contributed by atoms with Gasteiger partial charge in [0.2, 0.25) is 0 Å². The van der Waals surface area contributed by atoms with Crippen LogP contribution in [0.3, 0.4) is 0 Å². The van der Waals surface area contributed by atoms with E-state index in [1.807, 2.05) is 6.07 Å². The molecule has 0 fully saturated rings. The van der Waals surface area contributed by atoms with Crippen LogP contribution in [0.4, 0.5) is 8.78 Å². The lowest BCUT2D eigenvalue weighted by atomic mass is 10.2. The van der Waals surface area contributed by atoms with Crippen LogP contribution in [0.25, 0.3) is 0 Å². The van der Waals surface area contributed by atoms with Crippen LogP contribution in [-0.4, -0.2) is 0 Å². The van der Waals surface area contributed by atoms with E-state index in [1.54, 1.807) is 12.1 Å². The van der Waals surface area contributed by atoms with Gasteiger partial charge in [-0.1, -0.05) is 39.7 Å². The Morgan fingerprint density at radius 1 is 1.11 bits per heavy atom. The van der Waals surface area contributed by atoms with Crippen LogP contribution in [0.2, 0.25) is 5.02 Å². The monoisotopic (exact) mass is 332 g/mol. The maximum Gasteiger partial charge on any atom is 0.150 e. The molecular weight excluding hydrogens is 325 g/mol. The zero-order chi connectivity index (χ0) is 13.1. The minimum absolute atomic E-state index is 0.0720. The second kappa shape index (κ2) is 5.67. The summed E-state index contributed by atoms with van der Waals surface area (Å²) < 4.78 is 31.6. The van der Waals surface area contributed by atoms with E-state index in [9.17, 15) is 8.78 Å². The molecule has 0 bridgehead atoms. The second-order valence-electron chi connectivity index (χ2n) is 3.57. The van der Waals surface area contributed by atoms with Gasteiger partial charge in [0.05, 0.1) is 5.02 Å². The summed E-state index contributed by atoms with van der Waals surface area (Å²) >= 11 is 9.30. The average Bonchev–Trinajstić information content (AvgIpc) is 2.30. The Hall–Kier alpha value is -1.13. The van der Waals surface area contributed by atoms with E-state index in [2.05, 4.69) is 15.9 Å². The molecule has 2 aromatic carbocycles. The molecule has 0 N–H and O–H groups in total. The van der Waals surface area contributed by atoms with Gasteiger partial charge < -0.3 is 4.74 Å². The summed E-state index contributed by atoms with van der Waals surface area (Å²) in [6.07, 6.45) is 0. The van der Waals surface area contributed by atoms with Crippen LogP contribution in [-0.2, 0) is 5.33 Å². The molecule has 0 unspecified atom stereocenters. The zero-order valence-corrected chi connectivity index (χ0v) is 11.4. The molecule has 2 aromatic rings. The molecule has 0 saturated heterocycles. The number of alkyl halides is 1. The predicted molar refractivity (Wildman–Crippen MR) is 70.5 cm³/mol. The predicted octanol–water partition coefficient (Wildman–Crippen LogP) is 5.31. The first-order valence-electron chi connectivity index (χ1n) is 5.07. The maximum atomic E-state index is 13.1. The van der Waals surface area contributed by atoms with Crippen molar-refractivity contribution in [3.05, 3.63) is 58.6 Å². The third-order valence-corrected chi connectivity index (χ3v) is 3.15. The highest BCUT2D eigenvalue weighted by Crippen LogP contribution is 2.34. The van der Waals surface area contributed by atoms with Crippen molar-refractivity contribution in [2.45, 2.75) is 5.33 Å². The van der Waals surface area contributed by atoms with Crippen LogP contribution in [0, 0.1) is 11.6 Å². The lowest BCUT2D eigenvalue weighted by Gasteiger charge is -2.11. The van der Waals surface area contributed by atoms with Gasteiger partial charge in [-0.3, -0.25) is 0 Å². The number of halogens is 4. The maximum absolute atomic E-state index is 13.1. The standard InChI is InChI=1S/C13H8BrClF2O/c14-7-8-2-1-3-12(15)13(8)18-11-5-9(16)4-10(17)6-11/h1-6H,7H2. The zero-order valence-electron chi connectivity index (χ0n) is 9.09. The highest BCUT2D eigenvalue weighted by molar-refractivity contribution is 9.08. The fourth-order valence-electron chi connectivity index (χ4n) is 1.48. The van der Waals surface area contributed by atoms with E-state index in [-0.39, 0.29) is 5.75 Å². The van der Waals surface area contributed by atoms with Crippen LogP contribution >= 0.6 is 27.5 Å². The molecule has 94 valence electrons. The fraction of sp³-hybridized carbons (Fsp3) is 0.0769. The Morgan fingerprint density at radius 2 is 1.78 bits per heavy atom. The van der Waals surface area contributed by atoms with Gasteiger partial charge >= 0.3 is 0 Å². The first-order valence-corrected chi connectivity index (χ1v) is 6.57. The topological polar surface area (TPSA) is 9.23 Å². The third kappa shape index (κ3) is 3.00. The van der Waals surface area contributed by atoms with E-state index in [0.29, 0.717) is 16.1 Å². The first-order chi connectivity index (χ1) is 8.60. The molecule has 0 heterocycles. The Morgan fingerprint density at radius 3 is 2.39 bits per heavy atom. The molecule has 0 aliphatic heterocycles. The van der Waals surface area contributed by atoms with Crippen molar-refractivity contribution in [1.29, 1.82) is 0 Å². The SMILES string of the molecule is Fc1cc(F)cc(Oc2c(Cl)cccc2CBr)c1. The highest BCUT2D eigenvalue weighted by Gasteiger charge is 2.10. The fourth-order valence-corrected chi connectivity index (χ4v) is 2.15. The molecule has 0 radical (unpaired) electrons. The van der Waals surface area contributed by atoms with Gasteiger partial charge in [0.1, 0.15) is 23.1 Å². The molecule has 2 rings (SSSR count). The smallest absolute Gasteiger partial charge is 0.150 e. The van der Waals surface area contributed by atoms with E-state index in [4.69, 9.17) is 16.3 Å². The minimum atomic E-state index is -0.697. The van der Waals surface area contributed by atoms with Crippen molar-refractivity contribution >= 4 is 27.5 Å². The van der Waals surface area contributed by atoms with Gasteiger partial charge in [0.15, 0.2) is 0 Å². The molecule has 0 amide bonds. The van der Waals surface area contributed by atoms with E-state index >= 15 is 0 Å². The molecule has 0 aliphatic rings. The van der Waals surface area contributed by atoms with Crippen molar-refractivity contribution in [2.75, 3.05) is 0 Å². The lowest BCUT2D eigenvalue weighted by molar-refractivity contribution is 0.465. The number of rotatable bonds is 3. The largest absolute Gasteiger partial charge is 0.455 e. The average molecular weight is 334 g/mol. The van der Waals surface area contributed by atoms with Crippen LogP contribution in [0.5, 0.6) is 11.5 Å². The van der Waals surface area contributed by atoms with Crippen molar-refractivity contribution in [1.82, 2.24) is 0 Å². The van der Waals surface area contributed by atoms with Crippen molar-refractivity contribution < 1.29 is 13.5 Å². The summed E-state index contributed by atoms with van der Waals surface area (Å²) in [5.41, 5.74) is 0.798. The third-order valence-electron chi connectivity index (χ3n) is 2.25. The summed E-state index contributed by atoms with van der Waals surface area (Å²) in [5, 5.41) is 0.914. The number of benzene rings is 2. The van der Waals surface area contributed by atoms with Crippen LogP contribution in [0.15, 0.2) is 36.4 Å².